The minimum atomic E-state index is -0.315. The summed E-state index contributed by atoms with van der Waals surface area (Å²) in [6.07, 6.45) is 0. The van der Waals surface area contributed by atoms with Crippen LogP contribution in [0, 0.1) is 0 Å². The summed E-state index contributed by atoms with van der Waals surface area (Å²) >= 11 is 0. The van der Waals surface area contributed by atoms with Crippen molar-refractivity contribution in [3.63, 3.8) is 0 Å². The zero-order valence-corrected chi connectivity index (χ0v) is 16.6. The first-order valence-corrected chi connectivity index (χ1v) is 9.33. The van der Waals surface area contributed by atoms with E-state index in [0.717, 1.165) is 5.39 Å². The normalized spacial score (nSPS) is 11.3. The summed E-state index contributed by atoms with van der Waals surface area (Å²) < 4.78 is 16.6. The van der Waals surface area contributed by atoms with Crippen LogP contribution in [0.1, 0.15) is 10.4 Å². The number of benzene rings is 3. The first-order valence-electron chi connectivity index (χ1n) is 9.33. The molecule has 4 rings (SSSR count). The van der Waals surface area contributed by atoms with E-state index in [-0.39, 0.29) is 11.5 Å². The zero-order chi connectivity index (χ0) is 20.9. The van der Waals surface area contributed by atoms with Crippen molar-refractivity contribution in [2.45, 2.75) is 0 Å². The fourth-order valence-electron chi connectivity index (χ4n) is 3.01. The molecule has 0 spiro atoms. The van der Waals surface area contributed by atoms with Crippen molar-refractivity contribution in [2.24, 2.45) is 4.99 Å². The maximum Gasteiger partial charge on any atom is 0.261 e. The van der Waals surface area contributed by atoms with Gasteiger partial charge in [0, 0.05) is 29.3 Å². The highest BCUT2D eigenvalue weighted by atomic mass is 16.5. The van der Waals surface area contributed by atoms with Crippen molar-refractivity contribution in [1.82, 2.24) is 0 Å². The Kier molecular flexibility index (Phi) is 5.48. The Morgan fingerprint density at radius 3 is 2.23 bits per heavy atom. The van der Waals surface area contributed by atoms with Gasteiger partial charge in [0.1, 0.15) is 22.6 Å². The lowest BCUT2D eigenvalue weighted by molar-refractivity contribution is 0.102. The lowest BCUT2D eigenvalue weighted by Crippen LogP contribution is -2.21. The highest BCUT2D eigenvalue weighted by molar-refractivity contribution is 6.05. The van der Waals surface area contributed by atoms with Crippen molar-refractivity contribution in [3.05, 3.63) is 90.0 Å². The summed E-state index contributed by atoms with van der Waals surface area (Å²) in [5.74, 6) is 0.859. The molecular formula is C24H20N2O4. The first-order chi connectivity index (χ1) is 14.7. The van der Waals surface area contributed by atoms with Gasteiger partial charge in [0.05, 0.1) is 19.9 Å². The number of nitrogens with one attached hydrogen (secondary N) is 1. The van der Waals surface area contributed by atoms with Gasteiger partial charge in [-0.05, 0) is 24.3 Å². The maximum absolute atomic E-state index is 13.0. The van der Waals surface area contributed by atoms with E-state index < -0.39 is 0 Å². The molecule has 4 aromatic rings. The topological polar surface area (TPSA) is 73.1 Å². The Balaban J connectivity index is 1.86. The molecule has 6 heteroatoms. The number of para-hydroxylation sites is 2. The van der Waals surface area contributed by atoms with Gasteiger partial charge in [-0.2, -0.15) is 0 Å². The molecule has 1 N–H and O–H groups in total. The summed E-state index contributed by atoms with van der Waals surface area (Å²) in [4.78, 5) is 17.6. The molecule has 0 aliphatic heterocycles. The summed E-state index contributed by atoms with van der Waals surface area (Å²) in [5, 5.41) is 3.69. The third-order valence-corrected chi connectivity index (χ3v) is 4.50. The number of hydrogen-bond acceptors (Lipinski definition) is 5. The van der Waals surface area contributed by atoms with E-state index in [1.165, 1.54) is 0 Å². The van der Waals surface area contributed by atoms with Gasteiger partial charge in [-0.1, -0.05) is 36.4 Å². The van der Waals surface area contributed by atoms with Gasteiger partial charge in [0.25, 0.3) is 5.91 Å². The van der Waals surface area contributed by atoms with Gasteiger partial charge in [0.15, 0.2) is 0 Å². The molecule has 150 valence electrons. The lowest BCUT2D eigenvalue weighted by Gasteiger charge is -2.08. The van der Waals surface area contributed by atoms with Crippen molar-refractivity contribution in [1.29, 1.82) is 0 Å². The van der Waals surface area contributed by atoms with Crippen LogP contribution in [0.4, 0.5) is 11.4 Å². The third-order valence-electron chi connectivity index (χ3n) is 4.50. The maximum atomic E-state index is 13.0. The average molecular weight is 400 g/mol. The largest absolute Gasteiger partial charge is 0.497 e. The minimum Gasteiger partial charge on any atom is -0.497 e. The van der Waals surface area contributed by atoms with Gasteiger partial charge in [-0.3, -0.25) is 4.79 Å². The number of anilines is 1. The molecule has 30 heavy (non-hydrogen) atoms. The quantitative estimate of drug-likeness (QED) is 0.515. The summed E-state index contributed by atoms with van der Waals surface area (Å²) in [6, 6.07) is 23.7. The second kappa shape index (κ2) is 8.53. The Labute approximate surface area is 173 Å². The predicted molar refractivity (Wildman–Crippen MR) is 115 cm³/mol. The van der Waals surface area contributed by atoms with Crippen molar-refractivity contribution in [2.75, 3.05) is 19.5 Å². The fourth-order valence-corrected chi connectivity index (χ4v) is 3.01. The molecule has 0 atom stereocenters. The van der Waals surface area contributed by atoms with E-state index in [1.54, 1.807) is 38.5 Å². The van der Waals surface area contributed by atoms with E-state index in [1.807, 2.05) is 54.6 Å². The Morgan fingerprint density at radius 1 is 0.867 bits per heavy atom. The number of methoxy groups -OCH3 is 2. The molecule has 0 fully saturated rings. The van der Waals surface area contributed by atoms with Gasteiger partial charge >= 0.3 is 0 Å². The molecule has 0 radical (unpaired) electrons. The number of hydrogen-bond donors (Lipinski definition) is 1. The van der Waals surface area contributed by atoms with Crippen LogP contribution in [-0.4, -0.2) is 20.1 Å². The molecule has 3 aromatic carbocycles. The summed E-state index contributed by atoms with van der Waals surface area (Å²) in [7, 11) is 3.13. The Hall–Kier alpha value is -4.06. The van der Waals surface area contributed by atoms with Crippen LogP contribution in [0.2, 0.25) is 0 Å². The molecule has 6 nitrogen and oxygen atoms in total. The van der Waals surface area contributed by atoms with Crippen molar-refractivity contribution < 1.29 is 18.7 Å². The highest BCUT2D eigenvalue weighted by Gasteiger charge is 2.13. The Bertz CT molecular complexity index is 1240. The van der Waals surface area contributed by atoms with Crippen LogP contribution in [0.15, 0.2) is 88.3 Å². The molecule has 0 saturated carbocycles. The monoisotopic (exact) mass is 400 g/mol. The van der Waals surface area contributed by atoms with Crippen LogP contribution >= 0.6 is 0 Å². The second-order valence-electron chi connectivity index (χ2n) is 6.51. The molecule has 0 saturated heterocycles. The molecule has 1 aromatic heterocycles. The van der Waals surface area contributed by atoms with E-state index in [9.17, 15) is 4.79 Å². The smallest absolute Gasteiger partial charge is 0.261 e. The standard InChI is InChI=1S/C24H20N2O4/c1-28-19-13-18(14-20(15-19)29-2)26-24-21(12-16-8-6-7-11-22(16)30-24)23(27)25-17-9-4-3-5-10-17/h3-15H,1-2H3,(H,25,27). The number of carbonyl (C=O) groups excluding carboxylic acids is 1. The molecule has 0 aliphatic carbocycles. The van der Waals surface area contributed by atoms with Crippen LogP contribution < -0.4 is 20.3 Å². The van der Waals surface area contributed by atoms with Crippen molar-refractivity contribution >= 4 is 28.3 Å². The molecule has 1 heterocycles. The van der Waals surface area contributed by atoms with Crippen LogP contribution in [0.5, 0.6) is 11.5 Å². The zero-order valence-electron chi connectivity index (χ0n) is 16.6. The summed E-state index contributed by atoms with van der Waals surface area (Å²) in [6.45, 7) is 0. The molecular weight excluding hydrogens is 380 g/mol. The van der Waals surface area contributed by atoms with E-state index in [0.29, 0.717) is 34.0 Å². The van der Waals surface area contributed by atoms with Crippen LogP contribution in [0.3, 0.4) is 0 Å². The predicted octanol–water partition coefficient (Wildman–Crippen LogP) is 4.93. The minimum absolute atomic E-state index is 0.192. The number of ether oxygens (including phenoxy) is 2. The number of carbonyl (C=O) groups is 1. The summed E-state index contributed by atoms with van der Waals surface area (Å²) in [5.41, 5.74) is 2.36. The van der Waals surface area contributed by atoms with Crippen LogP contribution in [-0.2, 0) is 0 Å². The highest BCUT2D eigenvalue weighted by Crippen LogP contribution is 2.27. The average Bonchev–Trinajstić information content (AvgIpc) is 2.79. The van der Waals surface area contributed by atoms with Gasteiger partial charge in [-0.25, -0.2) is 4.99 Å². The van der Waals surface area contributed by atoms with Crippen LogP contribution in [0.25, 0.3) is 11.0 Å². The Morgan fingerprint density at radius 2 is 1.53 bits per heavy atom. The van der Waals surface area contributed by atoms with E-state index in [2.05, 4.69) is 10.3 Å². The number of rotatable bonds is 5. The number of nitrogens with zero attached hydrogens (tertiary/aromatic N) is 1. The molecule has 0 bridgehead atoms. The molecule has 0 aliphatic rings. The van der Waals surface area contributed by atoms with Crippen molar-refractivity contribution in [3.8, 4) is 11.5 Å². The third kappa shape index (κ3) is 4.17. The number of fused-ring (bicyclic) bond motifs is 1. The number of amides is 1. The van der Waals surface area contributed by atoms with Gasteiger partial charge in [0.2, 0.25) is 5.55 Å². The second-order valence-corrected chi connectivity index (χ2v) is 6.51. The van der Waals surface area contributed by atoms with E-state index >= 15 is 0 Å². The van der Waals surface area contributed by atoms with Gasteiger partial charge < -0.3 is 19.2 Å². The fraction of sp³-hybridized carbons (Fsp3) is 0.0833. The molecule has 1 amide bonds. The van der Waals surface area contributed by atoms with Gasteiger partial charge in [-0.15, -0.1) is 0 Å². The first kappa shape index (κ1) is 19.3. The lowest BCUT2D eigenvalue weighted by atomic mass is 10.1. The SMILES string of the molecule is COc1cc(N=c2oc3ccccc3cc2C(=O)Nc2ccccc2)cc(OC)c1. The van der Waals surface area contributed by atoms with E-state index in [4.69, 9.17) is 13.9 Å². The molecule has 0 unspecified atom stereocenters.